The lowest BCUT2D eigenvalue weighted by Crippen LogP contribution is -2.05. The zero-order valence-electron chi connectivity index (χ0n) is 10.9. The fraction of sp³-hybridized carbons (Fsp3) is 0.308. The van der Waals surface area contributed by atoms with E-state index in [0.717, 1.165) is 34.7 Å². The first-order chi connectivity index (χ1) is 9.22. The van der Waals surface area contributed by atoms with Gasteiger partial charge in [-0.1, -0.05) is 13.8 Å². The molecule has 2 N–H and O–H groups in total. The Kier molecular flexibility index (Phi) is 2.94. The third kappa shape index (κ3) is 1.98. The van der Waals surface area contributed by atoms with E-state index in [4.69, 9.17) is 5.73 Å². The maximum Gasteiger partial charge on any atom is 0.223 e. The monoisotopic (exact) mass is 273 g/mol. The molecule has 0 saturated carbocycles. The Labute approximate surface area is 115 Å². The largest absolute Gasteiger partial charge is 0.368 e. The van der Waals surface area contributed by atoms with Gasteiger partial charge in [-0.2, -0.15) is 4.98 Å². The number of thiophene rings is 1. The molecule has 0 aromatic carbocycles. The van der Waals surface area contributed by atoms with Crippen molar-refractivity contribution in [2.45, 2.75) is 26.7 Å². The predicted octanol–water partition coefficient (Wildman–Crippen LogP) is 2.58. The summed E-state index contributed by atoms with van der Waals surface area (Å²) in [5.74, 6) is 2.11. The molecule has 19 heavy (non-hydrogen) atoms. The van der Waals surface area contributed by atoms with Crippen molar-refractivity contribution in [3.63, 3.8) is 0 Å². The number of hydrogen-bond acceptors (Lipinski definition) is 5. The summed E-state index contributed by atoms with van der Waals surface area (Å²) in [6.07, 6.45) is 5.55. The van der Waals surface area contributed by atoms with Gasteiger partial charge in [-0.25, -0.2) is 9.97 Å². The molecule has 0 amide bonds. The normalized spacial score (nSPS) is 11.3. The summed E-state index contributed by atoms with van der Waals surface area (Å²) < 4.78 is 1.99. The van der Waals surface area contributed by atoms with Crippen molar-refractivity contribution in [2.75, 3.05) is 5.73 Å². The van der Waals surface area contributed by atoms with Crippen LogP contribution in [0.5, 0.6) is 0 Å². The Bertz CT molecular complexity index is 728. The van der Waals surface area contributed by atoms with E-state index in [9.17, 15) is 0 Å². The Morgan fingerprint density at radius 3 is 2.84 bits per heavy atom. The van der Waals surface area contributed by atoms with Gasteiger partial charge in [0.25, 0.3) is 0 Å². The van der Waals surface area contributed by atoms with Crippen LogP contribution in [0, 0.1) is 0 Å². The maximum atomic E-state index is 5.82. The molecule has 0 saturated heterocycles. The molecule has 0 aliphatic heterocycles. The first-order valence-electron chi connectivity index (χ1n) is 6.31. The van der Waals surface area contributed by atoms with E-state index >= 15 is 0 Å². The predicted molar refractivity (Wildman–Crippen MR) is 77.7 cm³/mol. The number of aryl methyl sites for hydroxylation is 2. The Balaban J connectivity index is 2.30. The number of nitrogens with zero attached hydrogens (tertiary/aromatic N) is 4. The van der Waals surface area contributed by atoms with Crippen molar-refractivity contribution >= 4 is 27.5 Å². The van der Waals surface area contributed by atoms with Crippen molar-refractivity contribution in [3.8, 4) is 5.82 Å². The molecule has 3 heterocycles. The lowest BCUT2D eigenvalue weighted by atomic mass is 10.3. The van der Waals surface area contributed by atoms with Crippen LogP contribution in [0.2, 0.25) is 0 Å². The van der Waals surface area contributed by atoms with E-state index in [1.54, 1.807) is 17.5 Å². The molecule has 3 aromatic heterocycles. The second-order valence-corrected chi connectivity index (χ2v) is 5.37. The first-order valence-corrected chi connectivity index (χ1v) is 7.13. The highest BCUT2D eigenvalue weighted by Gasteiger charge is 2.13. The van der Waals surface area contributed by atoms with Gasteiger partial charge in [-0.15, -0.1) is 11.3 Å². The molecule has 6 heteroatoms. The van der Waals surface area contributed by atoms with Gasteiger partial charge in [-0.05, 0) is 12.5 Å². The molecular formula is C13H15N5S. The number of imidazole rings is 1. The zero-order chi connectivity index (χ0) is 13.4. The standard InChI is InChI=1S/C13H15N5S/c1-3-8-7-9-11(16-13(14)17-12(9)19-8)18-6-5-15-10(18)4-2/h5-7H,3-4H2,1-2H3,(H2,14,16,17). The van der Waals surface area contributed by atoms with E-state index in [2.05, 4.69) is 34.9 Å². The molecule has 0 aliphatic carbocycles. The van der Waals surface area contributed by atoms with Crippen LogP contribution in [0.25, 0.3) is 16.0 Å². The summed E-state index contributed by atoms with van der Waals surface area (Å²) in [5.41, 5.74) is 5.82. The number of anilines is 1. The molecule has 3 aromatic rings. The molecule has 0 aliphatic rings. The van der Waals surface area contributed by atoms with Crippen LogP contribution in [-0.4, -0.2) is 19.5 Å². The maximum absolute atomic E-state index is 5.82. The molecule has 0 fully saturated rings. The van der Waals surface area contributed by atoms with Crippen molar-refractivity contribution < 1.29 is 0 Å². The second kappa shape index (κ2) is 4.62. The second-order valence-electron chi connectivity index (χ2n) is 4.26. The van der Waals surface area contributed by atoms with Gasteiger partial charge in [0.2, 0.25) is 5.95 Å². The number of rotatable bonds is 3. The quantitative estimate of drug-likeness (QED) is 0.796. The van der Waals surface area contributed by atoms with E-state index in [1.807, 2.05) is 10.8 Å². The van der Waals surface area contributed by atoms with Crippen molar-refractivity contribution in [1.82, 2.24) is 19.5 Å². The molecule has 5 nitrogen and oxygen atoms in total. The SMILES string of the molecule is CCc1cc2c(-n3ccnc3CC)nc(N)nc2s1. The lowest BCUT2D eigenvalue weighted by molar-refractivity contribution is 0.873. The lowest BCUT2D eigenvalue weighted by Gasteiger charge is -2.07. The minimum atomic E-state index is 0.308. The fourth-order valence-electron chi connectivity index (χ4n) is 2.12. The van der Waals surface area contributed by atoms with E-state index < -0.39 is 0 Å². The molecule has 0 radical (unpaired) electrons. The van der Waals surface area contributed by atoms with Crippen LogP contribution < -0.4 is 5.73 Å². The molecule has 0 bridgehead atoms. The average Bonchev–Trinajstić information content (AvgIpc) is 3.02. The van der Waals surface area contributed by atoms with Crippen LogP contribution in [-0.2, 0) is 12.8 Å². The number of nitrogen functional groups attached to an aromatic ring is 1. The molecule has 0 atom stereocenters. The topological polar surface area (TPSA) is 69.6 Å². The zero-order valence-corrected chi connectivity index (χ0v) is 11.7. The van der Waals surface area contributed by atoms with Gasteiger partial charge in [0, 0.05) is 23.7 Å². The fourth-order valence-corrected chi connectivity index (χ4v) is 3.09. The van der Waals surface area contributed by atoms with Crippen LogP contribution in [0.3, 0.4) is 0 Å². The highest BCUT2D eigenvalue weighted by atomic mass is 32.1. The summed E-state index contributed by atoms with van der Waals surface area (Å²) in [5, 5.41) is 1.05. The minimum absolute atomic E-state index is 0.308. The molecule has 0 spiro atoms. The van der Waals surface area contributed by atoms with Crippen LogP contribution >= 0.6 is 11.3 Å². The summed E-state index contributed by atoms with van der Waals surface area (Å²) in [6.45, 7) is 4.21. The van der Waals surface area contributed by atoms with Gasteiger partial charge in [0.1, 0.15) is 10.7 Å². The minimum Gasteiger partial charge on any atom is -0.368 e. The summed E-state index contributed by atoms with van der Waals surface area (Å²) in [7, 11) is 0. The smallest absolute Gasteiger partial charge is 0.223 e. The van der Waals surface area contributed by atoms with Crippen molar-refractivity contribution in [1.29, 1.82) is 0 Å². The summed E-state index contributed by atoms with van der Waals surface area (Å²) in [4.78, 5) is 15.3. The van der Waals surface area contributed by atoms with Crippen molar-refractivity contribution in [3.05, 3.63) is 29.2 Å². The molecule has 98 valence electrons. The number of aromatic nitrogens is 4. The third-order valence-electron chi connectivity index (χ3n) is 3.05. The summed E-state index contributed by atoms with van der Waals surface area (Å²) >= 11 is 1.67. The average molecular weight is 273 g/mol. The number of nitrogens with two attached hydrogens (primary N) is 1. The summed E-state index contributed by atoms with van der Waals surface area (Å²) in [6, 6.07) is 2.15. The van der Waals surface area contributed by atoms with E-state index in [0.29, 0.717) is 5.95 Å². The van der Waals surface area contributed by atoms with Crippen LogP contribution in [0.4, 0.5) is 5.95 Å². The number of fused-ring (bicyclic) bond motifs is 1. The van der Waals surface area contributed by atoms with Crippen LogP contribution in [0.1, 0.15) is 24.5 Å². The Morgan fingerprint density at radius 2 is 2.11 bits per heavy atom. The first kappa shape index (κ1) is 12.1. The Hall–Kier alpha value is -1.95. The molecular weight excluding hydrogens is 258 g/mol. The molecule has 0 unspecified atom stereocenters. The van der Waals surface area contributed by atoms with Crippen molar-refractivity contribution in [2.24, 2.45) is 0 Å². The molecule has 3 rings (SSSR count). The highest BCUT2D eigenvalue weighted by Crippen LogP contribution is 2.29. The van der Waals surface area contributed by atoms with Gasteiger partial charge >= 0.3 is 0 Å². The highest BCUT2D eigenvalue weighted by molar-refractivity contribution is 7.18. The van der Waals surface area contributed by atoms with Crippen LogP contribution in [0.15, 0.2) is 18.5 Å². The Morgan fingerprint density at radius 1 is 1.26 bits per heavy atom. The van der Waals surface area contributed by atoms with Gasteiger partial charge in [-0.3, -0.25) is 4.57 Å². The van der Waals surface area contributed by atoms with E-state index in [1.165, 1.54) is 4.88 Å². The van der Waals surface area contributed by atoms with Gasteiger partial charge in [0.05, 0.1) is 5.39 Å². The van der Waals surface area contributed by atoms with E-state index in [-0.39, 0.29) is 0 Å². The third-order valence-corrected chi connectivity index (χ3v) is 4.22. The number of hydrogen-bond donors (Lipinski definition) is 1. The van der Waals surface area contributed by atoms with Gasteiger partial charge in [0.15, 0.2) is 5.82 Å². The van der Waals surface area contributed by atoms with Gasteiger partial charge < -0.3 is 5.73 Å².